The van der Waals surface area contributed by atoms with E-state index in [9.17, 15) is 9.59 Å². The van der Waals surface area contributed by atoms with Gasteiger partial charge in [-0.1, -0.05) is 6.07 Å². The molecule has 3 aliphatic heterocycles. The zero-order valence-electron chi connectivity index (χ0n) is 16.1. The highest BCUT2D eigenvalue weighted by Crippen LogP contribution is 2.34. The molecule has 1 unspecified atom stereocenters. The van der Waals surface area contributed by atoms with E-state index in [0.717, 1.165) is 35.7 Å². The molecule has 0 saturated carbocycles. The van der Waals surface area contributed by atoms with E-state index in [0.29, 0.717) is 24.6 Å². The molecule has 1 aromatic rings. The first-order valence-corrected chi connectivity index (χ1v) is 10.6. The number of ether oxygens (including phenoxy) is 2. The van der Waals surface area contributed by atoms with Gasteiger partial charge in [-0.2, -0.15) is 4.99 Å². The summed E-state index contributed by atoms with van der Waals surface area (Å²) >= 11 is 1.41. The van der Waals surface area contributed by atoms with Crippen molar-refractivity contribution in [1.29, 1.82) is 0 Å². The van der Waals surface area contributed by atoms with E-state index in [1.54, 1.807) is 0 Å². The van der Waals surface area contributed by atoms with Gasteiger partial charge in [-0.25, -0.2) is 0 Å². The molecule has 0 aromatic heterocycles. The molecule has 1 amide bonds. The van der Waals surface area contributed by atoms with Crippen molar-refractivity contribution in [3.8, 4) is 5.75 Å². The average molecular weight is 401 g/mol. The van der Waals surface area contributed by atoms with Crippen molar-refractivity contribution >= 4 is 34.9 Å². The minimum atomic E-state index is -0.197. The lowest BCUT2D eigenvalue weighted by molar-refractivity contribution is -0.149. The Morgan fingerprint density at radius 1 is 1.39 bits per heavy atom. The predicted octanol–water partition coefficient (Wildman–Crippen LogP) is 3.26. The van der Waals surface area contributed by atoms with Crippen molar-refractivity contribution < 1.29 is 19.1 Å². The van der Waals surface area contributed by atoms with Crippen LogP contribution in [0, 0.1) is 5.92 Å². The fourth-order valence-electron chi connectivity index (χ4n) is 3.78. The van der Waals surface area contributed by atoms with Gasteiger partial charge in [0.1, 0.15) is 11.9 Å². The first-order valence-electron chi connectivity index (χ1n) is 9.77. The summed E-state index contributed by atoms with van der Waals surface area (Å²) in [6.45, 7) is 5.72. The van der Waals surface area contributed by atoms with E-state index >= 15 is 0 Å². The molecule has 3 heterocycles. The van der Waals surface area contributed by atoms with Crippen LogP contribution in [-0.4, -0.2) is 47.7 Å². The van der Waals surface area contributed by atoms with Crippen molar-refractivity contribution in [2.75, 3.05) is 19.7 Å². The number of esters is 1. The van der Waals surface area contributed by atoms with Gasteiger partial charge < -0.3 is 14.4 Å². The minimum absolute atomic E-state index is 0.0510. The second kappa shape index (κ2) is 7.99. The summed E-state index contributed by atoms with van der Waals surface area (Å²) in [5.74, 6) is 0.568. The number of amides is 1. The van der Waals surface area contributed by atoms with Crippen LogP contribution in [0.4, 0.5) is 0 Å². The summed E-state index contributed by atoms with van der Waals surface area (Å²) in [6, 6.07) is 6.03. The number of carbonyl (C=O) groups excluding carboxylic acids is 2. The van der Waals surface area contributed by atoms with E-state index in [2.05, 4.69) is 22.9 Å². The van der Waals surface area contributed by atoms with E-state index in [4.69, 9.17) is 9.47 Å². The maximum absolute atomic E-state index is 12.4. The number of aliphatic imine (C=N–C) groups is 1. The fourth-order valence-corrected chi connectivity index (χ4v) is 4.75. The van der Waals surface area contributed by atoms with Gasteiger partial charge in [0.05, 0.1) is 17.4 Å². The Morgan fingerprint density at radius 2 is 2.18 bits per heavy atom. The molecule has 148 valence electrons. The lowest BCUT2D eigenvalue weighted by Gasteiger charge is -2.31. The number of fused-ring (bicyclic) bond motifs is 1. The molecule has 1 atom stereocenters. The van der Waals surface area contributed by atoms with Crippen molar-refractivity contribution in [1.82, 2.24) is 4.90 Å². The van der Waals surface area contributed by atoms with Crippen molar-refractivity contribution in [3.05, 3.63) is 34.2 Å². The summed E-state index contributed by atoms with van der Waals surface area (Å²) < 4.78 is 10.9. The van der Waals surface area contributed by atoms with E-state index in [1.807, 2.05) is 25.1 Å². The Hall–Kier alpha value is -2.28. The lowest BCUT2D eigenvalue weighted by Crippen LogP contribution is -2.39. The van der Waals surface area contributed by atoms with E-state index in [1.165, 1.54) is 17.3 Å². The van der Waals surface area contributed by atoms with Gasteiger partial charge in [-0.15, -0.1) is 0 Å². The number of nitrogens with zero attached hydrogens (tertiary/aromatic N) is 2. The summed E-state index contributed by atoms with van der Waals surface area (Å²) in [4.78, 5) is 31.2. The van der Waals surface area contributed by atoms with Crippen molar-refractivity contribution in [3.63, 3.8) is 0 Å². The minimum Gasteiger partial charge on any atom is -0.490 e. The molecular formula is C21H24N2O4S. The molecule has 3 aliphatic rings. The van der Waals surface area contributed by atoms with Crippen LogP contribution in [0.3, 0.4) is 0 Å². The molecular weight excluding hydrogens is 376 g/mol. The average Bonchev–Trinajstić information content (AvgIpc) is 3.23. The van der Waals surface area contributed by atoms with Crippen LogP contribution in [0.2, 0.25) is 0 Å². The highest BCUT2D eigenvalue weighted by Gasteiger charge is 2.31. The van der Waals surface area contributed by atoms with Gasteiger partial charge >= 0.3 is 5.97 Å². The second-order valence-corrected chi connectivity index (χ2v) is 8.33. The van der Waals surface area contributed by atoms with Crippen LogP contribution in [0.15, 0.2) is 28.1 Å². The lowest BCUT2D eigenvalue weighted by atomic mass is 9.97. The number of amidine groups is 1. The van der Waals surface area contributed by atoms with Crippen LogP contribution in [-0.2, 0) is 20.7 Å². The highest BCUT2D eigenvalue weighted by molar-refractivity contribution is 8.18. The number of piperidine rings is 1. The quantitative estimate of drug-likeness (QED) is 0.573. The standard InChI is InChI=1S/C21H24N2O4S/c1-3-26-20(25)15-6-8-23(9-7-15)21-22-19(24)18(28-21)12-14-4-5-17-16(11-14)10-13(2)27-17/h4-5,11-13,15H,3,6-10H2,1-2H3. The van der Waals surface area contributed by atoms with Gasteiger partial charge in [-0.3, -0.25) is 9.59 Å². The Morgan fingerprint density at radius 3 is 2.93 bits per heavy atom. The summed E-state index contributed by atoms with van der Waals surface area (Å²) in [5.41, 5.74) is 2.17. The maximum atomic E-state index is 12.4. The largest absolute Gasteiger partial charge is 0.490 e. The molecule has 1 fully saturated rings. The number of carbonyl (C=O) groups is 2. The zero-order valence-corrected chi connectivity index (χ0v) is 17.0. The first kappa shape index (κ1) is 19.1. The third kappa shape index (κ3) is 3.94. The number of rotatable bonds is 3. The van der Waals surface area contributed by atoms with Gasteiger partial charge in [0.15, 0.2) is 5.17 Å². The zero-order chi connectivity index (χ0) is 19.7. The van der Waals surface area contributed by atoms with Crippen LogP contribution >= 0.6 is 11.8 Å². The van der Waals surface area contributed by atoms with E-state index in [-0.39, 0.29) is 23.9 Å². The van der Waals surface area contributed by atoms with Gasteiger partial charge in [0.2, 0.25) is 0 Å². The topological polar surface area (TPSA) is 68.2 Å². The normalized spacial score (nSPS) is 23.6. The molecule has 0 N–H and O–H groups in total. The Bertz CT molecular complexity index is 856. The Kier molecular flexibility index (Phi) is 5.44. The maximum Gasteiger partial charge on any atom is 0.309 e. The molecule has 1 saturated heterocycles. The monoisotopic (exact) mass is 400 g/mol. The number of hydrogen-bond acceptors (Lipinski definition) is 6. The number of likely N-dealkylation sites (tertiary alicyclic amines) is 1. The number of hydrogen-bond donors (Lipinski definition) is 0. The van der Waals surface area contributed by atoms with Crippen LogP contribution in [0.5, 0.6) is 5.75 Å². The Labute approximate surface area is 169 Å². The van der Waals surface area contributed by atoms with Crippen LogP contribution in [0.25, 0.3) is 6.08 Å². The molecule has 7 heteroatoms. The van der Waals surface area contributed by atoms with Gasteiger partial charge in [0, 0.05) is 19.5 Å². The molecule has 4 rings (SSSR count). The fraction of sp³-hybridized carbons (Fsp3) is 0.476. The number of benzene rings is 1. The number of thioether (sulfide) groups is 1. The molecule has 0 radical (unpaired) electrons. The molecule has 28 heavy (non-hydrogen) atoms. The van der Waals surface area contributed by atoms with Gasteiger partial charge in [-0.05, 0) is 67.8 Å². The second-order valence-electron chi connectivity index (χ2n) is 7.32. The third-order valence-electron chi connectivity index (χ3n) is 5.21. The summed E-state index contributed by atoms with van der Waals surface area (Å²) in [5, 5.41) is 0.733. The van der Waals surface area contributed by atoms with E-state index < -0.39 is 0 Å². The summed E-state index contributed by atoms with van der Waals surface area (Å²) in [7, 11) is 0. The third-order valence-corrected chi connectivity index (χ3v) is 6.26. The SMILES string of the molecule is CCOC(=O)C1CCN(C2=NC(=O)C(=Cc3ccc4c(c3)CC(C)O4)S2)CC1. The highest BCUT2D eigenvalue weighted by atomic mass is 32.2. The first-order chi connectivity index (χ1) is 13.5. The molecule has 0 spiro atoms. The van der Waals surface area contributed by atoms with Gasteiger partial charge in [0.25, 0.3) is 5.91 Å². The van der Waals surface area contributed by atoms with Crippen molar-refractivity contribution in [2.24, 2.45) is 10.9 Å². The Balaban J connectivity index is 1.39. The predicted molar refractivity (Wildman–Crippen MR) is 109 cm³/mol. The van der Waals surface area contributed by atoms with Crippen molar-refractivity contribution in [2.45, 2.75) is 39.2 Å². The molecule has 0 bridgehead atoms. The molecule has 0 aliphatic carbocycles. The van der Waals surface area contributed by atoms with Crippen LogP contribution in [0.1, 0.15) is 37.8 Å². The summed E-state index contributed by atoms with van der Waals surface area (Å²) in [6.07, 6.45) is 4.46. The smallest absolute Gasteiger partial charge is 0.309 e. The molecule has 6 nitrogen and oxygen atoms in total. The van der Waals surface area contributed by atoms with Crippen LogP contribution < -0.4 is 4.74 Å². The molecule has 1 aromatic carbocycles.